The van der Waals surface area contributed by atoms with E-state index >= 15 is 0 Å². The molecule has 1 aromatic carbocycles. The number of Topliss-reactive ketones (excluding diaryl/α,β-unsaturated/α-hetero) is 2. The predicted octanol–water partition coefficient (Wildman–Crippen LogP) is 2.61. The number of aryl methyl sites for hydroxylation is 2. The summed E-state index contributed by atoms with van der Waals surface area (Å²) in [6, 6.07) is 1.87. The van der Waals surface area contributed by atoms with Gasteiger partial charge in [-0.05, 0) is 37.5 Å². The molecule has 0 aliphatic heterocycles. The minimum atomic E-state index is -0.615. The number of hydrogen-bond acceptors (Lipinski definition) is 3. The normalized spacial score (nSPS) is 10.2. The van der Waals surface area contributed by atoms with Crippen molar-refractivity contribution in [1.82, 2.24) is 0 Å². The molecule has 0 radical (unpaired) electrons. The number of carbonyl (C=O) groups is 2. The highest BCUT2D eigenvalue weighted by Crippen LogP contribution is 2.30. The van der Waals surface area contributed by atoms with Gasteiger partial charge >= 0.3 is 0 Å². The van der Waals surface area contributed by atoms with Crippen molar-refractivity contribution in [2.45, 2.75) is 20.8 Å². The van der Waals surface area contributed by atoms with Crippen LogP contribution in [0.3, 0.4) is 0 Å². The van der Waals surface area contributed by atoms with E-state index in [0.717, 1.165) is 16.7 Å². The van der Waals surface area contributed by atoms with Crippen LogP contribution in [0.4, 0.5) is 0 Å². The monoisotopic (exact) mass is 254 g/mol. The zero-order valence-electron chi connectivity index (χ0n) is 10.4. The van der Waals surface area contributed by atoms with Gasteiger partial charge in [-0.2, -0.15) is 0 Å². The lowest BCUT2D eigenvalue weighted by atomic mass is 9.95. The Kier molecular flexibility index (Phi) is 4.29. The molecule has 0 aliphatic rings. The summed E-state index contributed by atoms with van der Waals surface area (Å²) in [5, 5.41) is 0. The van der Waals surface area contributed by atoms with E-state index in [9.17, 15) is 9.59 Å². The van der Waals surface area contributed by atoms with Crippen molar-refractivity contribution in [2.24, 2.45) is 0 Å². The average molecular weight is 255 g/mol. The molecule has 1 rings (SSSR count). The number of ketones is 2. The van der Waals surface area contributed by atoms with Crippen molar-refractivity contribution in [3.63, 3.8) is 0 Å². The van der Waals surface area contributed by atoms with Gasteiger partial charge in [-0.25, -0.2) is 0 Å². The maximum absolute atomic E-state index is 11.9. The van der Waals surface area contributed by atoms with Crippen molar-refractivity contribution in [1.29, 1.82) is 0 Å². The first-order chi connectivity index (χ1) is 7.93. The van der Waals surface area contributed by atoms with E-state index < -0.39 is 11.6 Å². The van der Waals surface area contributed by atoms with Crippen LogP contribution in [0.25, 0.3) is 0 Å². The minimum Gasteiger partial charge on any atom is -0.496 e. The third-order valence-electron chi connectivity index (χ3n) is 2.79. The minimum absolute atomic E-state index is 0.311. The molecule has 4 heteroatoms. The molecule has 0 saturated carbocycles. The van der Waals surface area contributed by atoms with E-state index in [2.05, 4.69) is 0 Å². The largest absolute Gasteiger partial charge is 0.496 e. The molecule has 0 aromatic heterocycles. The molecule has 0 N–H and O–H groups in total. The summed E-state index contributed by atoms with van der Waals surface area (Å²) in [7, 11) is 1.49. The van der Waals surface area contributed by atoms with Crippen LogP contribution < -0.4 is 4.74 Å². The Morgan fingerprint density at radius 1 is 1.24 bits per heavy atom. The Bertz CT molecular complexity index is 478. The highest BCUT2D eigenvalue weighted by Gasteiger charge is 2.23. The van der Waals surface area contributed by atoms with Crippen molar-refractivity contribution in [3.05, 3.63) is 28.3 Å². The molecule has 0 heterocycles. The van der Waals surface area contributed by atoms with Gasteiger partial charge in [0.25, 0.3) is 0 Å². The molecule has 0 amide bonds. The van der Waals surface area contributed by atoms with Crippen LogP contribution in [0.1, 0.15) is 27.0 Å². The molecule has 0 unspecified atom stereocenters. The summed E-state index contributed by atoms with van der Waals surface area (Å²) in [6.45, 7) is 5.57. The van der Waals surface area contributed by atoms with Gasteiger partial charge in [-0.3, -0.25) is 9.59 Å². The van der Waals surface area contributed by atoms with Gasteiger partial charge in [0, 0.05) is 0 Å². The van der Waals surface area contributed by atoms with E-state index in [-0.39, 0.29) is 5.88 Å². The Hall–Kier alpha value is -1.35. The second-order valence-electron chi connectivity index (χ2n) is 3.93. The second kappa shape index (κ2) is 5.32. The lowest BCUT2D eigenvalue weighted by molar-refractivity contribution is -0.112. The van der Waals surface area contributed by atoms with E-state index in [1.807, 2.05) is 19.9 Å². The number of ether oxygens (including phenoxy) is 1. The fourth-order valence-corrected chi connectivity index (χ4v) is 1.91. The molecule has 0 spiro atoms. The molecule has 17 heavy (non-hydrogen) atoms. The van der Waals surface area contributed by atoms with E-state index in [4.69, 9.17) is 16.3 Å². The summed E-state index contributed by atoms with van der Waals surface area (Å²) < 4.78 is 5.24. The van der Waals surface area contributed by atoms with Crippen molar-refractivity contribution in [3.8, 4) is 5.75 Å². The SMILES string of the molecule is COc1c(C)c(C)cc(C)c1C(=O)C(=O)CCl. The molecule has 92 valence electrons. The van der Waals surface area contributed by atoms with Gasteiger partial charge < -0.3 is 4.74 Å². The van der Waals surface area contributed by atoms with Crippen molar-refractivity contribution >= 4 is 23.2 Å². The highest BCUT2D eigenvalue weighted by atomic mass is 35.5. The summed E-state index contributed by atoms with van der Waals surface area (Å²) in [4.78, 5) is 23.3. The van der Waals surface area contributed by atoms with Gasteiger partial charge in [0.15, 0.2) is 0 Å². The van der Waals surface area contributed by atoms with Crippen LogP contribution in [0, 0.1) is 20.8 Å². The molecule has 0 atom stereocenters. The molecule has 0 aliphatic carbocycles. The third kappa shape index (κ3) is 2.50. The quantitative estimate of drug-likeness (QED) is 0.471. The number of hydrogen-bond donors (Lipinski definition) is 0. The lowest BCUT2D eigenvalue weighted by Crippen LogP contribution is -2.18. The molecular weight excluding hydrogens is 240 g/mol. The van der Waals surface area contributed by atoms with Crippen molar-refractivity contribution in [2.75, 3.05) is 13.0 Å². The maximum atomic E-state index is 11.9. The molecule has 0 fully saturated rings. The first kappa shape index (κ1) is 13.7. The van der Waals surface area contributed by atoms with E-state index in [1.54, 1.807) is 6.92 Å². The topological polar surface area (TPSA) is 43.4 Å². The fraction of sp³-hybridized carbons (Fsp3) is 0.385. The molecule has 0 saturated heterocycles. The van der Waals surface area contributed by atoms with Crippen LogP contribution in [0.5, 0.6) is 5.75 Å². The van der Waals surface area contributed by atoms with Gasteiger partial charge in [-0.1, -0.05) is 6.07 Å². The summed E-state index contributed by atoms with van der Waals surface area (Å²) in [5.41, 5.74) is 2.94. The van der Waals surface area contributed by atoms with E-state index in [0.29, 0.717) is 11.3 Å². The smallest absolute Gasteiger partial charge is 0.233 e. The Morgan fingerprint density at radius 3 is 2.29 bits per heavy atom. The number of benzene rings is 1. The Balaban J connectivity index is 3.47. The van der Waals surface area contributed by atoms with E-state index in [1.165, 1.54) is 7.11 Å². The van der Waals surface area contributed by atoms with Crippen LogP contribution >= 0.6 is 11.6 Å². The van der Waals surface area contributed by atoms with Crippen LogP contribution in [-0.2, 0) is 4.79 Å². The van der Waals surface area contributed by atoms with Gasteiger partial charge in [0.2, 0.25) is 11.6 Å². The third-order valence-corrected chi connectivity index (χ3v) is 3.04. The van der Waals surface area contributed by atoms with Crippen LogP contribution in [0.2, 0.25) is 0 Å². The number of methoxy groups -OCH3 is 1. The summed E-state index contributed by atoms with van der Waals surface area (Å²) in [5.74, 6) is -1.05. The number of carbonyl (C=O) groups excluding carboxylic acids is 2. The number of rotatable bonds is 4. The first-order valence-corrected chi connectivity index (χ1v) is 5.75. The number of alkyl halides is 1. The standard InChI is InChI=1S/C13H15ClO3/c1-7-5-8(2)11(12(16)10(15)6-14)13(17-4)9(7)3/h5H,6H2,1-4H3. The molecule has 0 bridgehead atoms. The summed E-state index contributed by atoms with van der Waals surface area (Å²) in [6.07, 6.45) is 0. The van der Waals surface area contributed by atoms with Gasteiger partial charge in [0.05, 0.1) is 18.6 Å². The molecule has 1 aromatic rings. The maximum Gasteiger partial charge on any atom is 0.233 e. The zero-order chi connectivity index (χ0) is 13.2. The predicted molar refractivity (Wildman–Crippen MR) is 67.3 cm³/mol. The lowest BCUT2D eigenvalue weighted by Gasteiger charge is -2.14. The van der Waals surface area contributed by atoms with Crippen LogP contribution in [0.15, 0.2) is 6.07 Å². The second-order valence-corrected chi connectivity index (χ2v) is 4.20. The van der Waals surface area contributed by atoms with Crippen LogP contribution in [-0.4, -0.2) is 24.6 Å². The molecular formula is C13H15ClO3. The average Bonchev–Trinajstić information content (AvgIpc) is 2.31. The highest BCUT2D eigenvalue weighted by molar-refractivity contribution is 6.52. The fourth-order valence-electron chi connectivity index (χ4n) is 1.79. The molecule has 3 nitrogen and oxygen atoms in total. The van der Waals surface area contributed by atoms with Gasteiger partial charge in [0.1, 0.15) is 5.75 Å². The first-order valence-electron chi connectivity index (χ1n) is 5.22. The Labute approximate surface area is 106 Å². The zero-order valence-corrected chi connectivity index (χ0v) is 11.1. The summed E-state index contributed by atoms with van der Waals surface area (Å²) >= 11 is 5.40. The number of halogens is 1. The van der Waals surface area contributed by atoms with Gasteiger partial charge in [-0.15, -0.1) is 11.6 Å². The Morgan fingerprint density at radius 2 is 1.82 bits per heavy atom. The van der Waals surface area contributed by atoms with Crippen molar-refractivity contribution < 1.29 is 14.3 Å².